The van der Waals surface area contributed by atoms with Gasteiger partial charge in [0.25, 0.3) is 0 Å². The van der Waals surface area contributed by atoms with E-state index in [0.29, 0.717) is 18.0 Å². The van der Waals surface area contributed by atoms with Crippen molar-refractivity contribution in [2.24, 2.45) is 5.92 Å². The second-order valence-electron chi connectivity index (χ2n) is 4.83. The van der Waals surface area contributed by atoms with Gasteiger partial charge in [-0.3, -0.25) is 14.9 Å². The Hall–Kier alpha value is -2.18. The van der Waals surface area contributed by atoms with E-state index in [-0.39, 0.29) is 18.1 Å². The van der Waals surface area contributed by atoms with E-state index < -0.39 is 10.9 Å². The van der Waals surface area contributed by atoms with Crippen LogP contribution in [-0.4, -0.2) is 34.1 Å². The standard InChI is InChI=1S/C12H15N3O4/c1-8-4-10(15(18)19)12(13-5-8)14(7-11(16)17)6-9-2-3-9/h4-5,9H,2-3,6-7H2,1H3,(H,16,17). The zero-order valence-electron chi connectivity index (χ0n) is 10.6. The monoisotopic (exact) mass is 265 g/mol. The van der Waals surface area contributed by atoms with E-state index in [2.05, 4.69) is 4.98 Å². The van der Waals surface area contributed by atoms with Gasteiger partial charge in [-0.1, -0.05) is 0 Å². The van der Waals surface area contributed by atoms with E-state index in [1.165, 1.54) is 17.2 Å². The number of hydrogen-bond donors (Lipinski definition) is 1. The molecule has 1 N–H and O–H groups in total. The number of aryl methyl sites for hydroxylation is 1. The van der Waals surface area contributed by atoms with Gasteiger partial charge in [0, 0.05) is 18.8 Å². The van der Waals surface area contributed by atoms with Gasteiger partial charge >= 0.3 is 11.7 Å². The Labute approximate surface area is 110 Å². The lowest BCUT2D eigenvalue weighted by Crippen LogP contribution is -2.32. The molecule has 0 amide bonds. The highest BCUT2D eigenvalue weighted by Gasteiger charge is 2.29. The van der Waals surface area contributed by atoms with Gasteiger partial charge in [0.1, 0.15) is 6.54 Å². The fraction of sp³-hybridized carbons (Fsp3) is 0.500. The molecule has 0 aliphatic heterocycles. The van der Waals surface area contributed by atoms with Crippen molar-refractivity contribution in [3.8, 4) is 0 Å². The van der Waals surface area contributed by atoms with E-state index >= 15 is 0 Å². The molecule has 1 fully saturated rings. The van der Waals surface area contributed by atoms with Crippen LogP contribution < -0.4 is 4.90 Å². The SMILES string of the molecule is Cc1cnc(N(CC(=O)O)CC2CC2)c([N+](=O)[O-])c1. The third kappa shape index (κ3) is 3.40. The lowest BCUT2D eigenvalue weighted by atomic mass is 10.2. The van der Waals surface area contributed by atoms with Crippen molar-refractivity contribution < 1.29 is 14.8 Å². The van der Waals surface area contributed by atoms with Crippen molar-refractivity contribution in [2.75, 3.05) is 18.0 Å². The lowest BCUT2D eigenvalue weighted by molar-refractivity contribution is -0.384. The fourth-order valence-electron chi connectivity index (χ4n) is 1.93. The summed E-state index contributed by atoms with van der Waals surface area (Å²) in [4.78, 5) is 27.0. The number of anilines is 1. The Morgan fingerprint density at radius 1 is 1.63 bits per heavy atom. The molecule has 0 unspecified atom stereocenters. The molecule has 7 nitrogen and oxygen atoms in total. The molecule has 19 heavy (non-hydrogen) atoms. The van der Waals surface area contributed by atoms with Gasteiger partial charge in [0.05, 0.1) is 4.92 Å². The summed E-state index contributed by atoms with van der Waals surface area (Å²) in [6.07, 6.45) is 3.59. The quantitative estimate of drug-likeness (QED) is 0.619. The molecule has 102 valence electrons. The molecule has 0 aromatic carbocycles. The van der Waals surface area contributed by atoms with Crippen LogP contribution in [0.2, 0.25) is 0 Å². The van der Waals surface area contributed by atoms with Crippen LogP contribution in [0.25, 0.3) is 0 Å². The molecule has 0 spiro atoms. The molecule has 1 aliphatic rings. The summed E-state index contributed by atoms with van der Waals surface area (Å²) in [5, 5.41) is 20.0. The van der Waals surface area contributed by atoms with Crippen LogP contribution in [0, 0.1) is 23.0 Å². The van der Waals surface area contributed by atoms with Crippen LogP contribution in [0.3, 0.4) is 0 Å². The molecular weight excluding hydrogens is 250 g/mol. The maximum Gasteiger partial charge on any atom is 0.323 e. The molecule has 1 aromatic rings. The second kappa shape index (κ2) is 5.21. The number of nitro groups is 1. The molecule has 1 aromatic heterocycles. The van der Waals surface area contributed by atoms with Crippen molar-refractivity contribution in [2.45, 2.75) is 19.8 Å². The number of carbonyl (C=O) groups is 1. The van der Waals surface area contributed by atoms with Gasteiger partial charge in [-0.05, 0) is 31.2 Å². The minimum atomic E-state index is -1.02. The highest BCUT2D eigenvalue weighted by molar-refractivity contribution is 5.75. The Morgan fingerprint density at radius 2 is 2.32 bits per heavy atom. The molecule has 7 heteroatoms. The minimum absolute atomic E-state index is 0.137. The molecule has 0 saturated heterocycles. The van der Waals surface area contributed by atoms with E-state index in [9.17, 15) is 14.9 Å². The van der Waals surface area contributed by atoms with E-state index in [1.54, 1.807) is 6.92 Å². The normalized spacial score (nSPS) is 14.2. The predicted molar refractivity (Wildman–Crippen MR) is 68.2 cm³/mol. The summed E-state index contributed by atoms with van der Waals surface area (Å²) in [5.41, 5.74) is 0.541. The van der Waals surface area contributed by atoms with Crippen LogP contribution in [0.4, 0.5) is 11.5 Å². The van der Waals surface area contributed by atoms with Gasteiger partial charge in [0.15, 0.2) is 0 Å². The number of hydrogen-bond acceptors (Lipinski definition) is 5. The average Bonchev–Trinajstić information content (AvgIpc) is 3.11. The Kier molecular flexibility index (Phi) is 3.64. The van der Waals surface area contributed by atoms with E-state index in [4.69, 9.17) is 5.11 Å². The topological polar surface area (TPSA) is 96.6 Å². The largest absolute Gasteiger partial charge is 0.480 e. The Bertz CT molecular complexity index is 514. The van der Waals surface area contributed by atoms with Gasteiger partial charge in [-0.2, -0.15) is 0 Å². The summed E-state index contributed by atoms with van der Waals surface area (Å²) in [5.74, 6) is -0.454. The molecular formula is C12H15N3O4. The molecule has 1 aliphatic carbocycles. The smallest absolute Gasteiger partial charge is 0.323 e. The third-order valence-corrected chi connectivity index (χ3v) is 2.98. The van der Waals surface area contributed by atoms with Gasteiger partial charge in [-0.15, -0.1) is 0 Å². The van der Waals surface area contributed by atoms with Crippen LogP contribution in [0.5, 0.6) is 0 Å². The van der Waals surface area contributed by atoms with Crippen LogP contribution in [0.1, 0.15) is 18.4 Å². The summed E-state index contributed by atoms with van der Waals surface area (Å²) in [7, 11) is 0. The van der Waals surface area contributed by atoms with E-state index in [1.807, 2.05) is 0 Å². The van der Waals surface area contributed by atoms with Gasteiger partial charge in [0.2, 0.25) is 5.82 Å². The fourth-order valence-corrected chi connectivity index (χ4v) is 1.93. The highest BCUT2D eigenvalue weighted by atomic mass is 16.6. The lowest BCUT2D eigenvalue weighted by Gasteiger charge is -2.21. The first-order chi connectivity index (χ1) is 8.97. The maximum absolute atomic E-state index is 11.1. The molecule has 0 atom stereocenters. The molecule has 1 heterocycles. The number of aliphatic carboxylic acids is 1. The molecule has 0 bridgehead atoms. The zero-order valence-corrected chi connectivity index (χ0v) is 10.6. The first-order valence-electron chi connectivity index (χ1n) is 6.05. The van der Waals surface area contributed by atoms with E-state index in [0.717, 1.165) is 12.8 Å². The van der Waals surface area contributed by atoms with Gasteiger partial charge in [-0.25, -0.2) is 4.98 Å². The van der Waals surface area contributed by atoms with Crippen molar-refractivity contribution in [3.05, 3.63) is 27.9 Å². The van der Waals surface area contributed by atoms with Crippen molar-refractivity contribution in [3.63, 3.8) is 0 Å². The molecule has 1 saturated carbocycles. The van der Waals surface area contributed by atoms with Gasteiger partial charge < -0.3 is 10.0 Å². The Morgan fingerprint density at radius 3 is 2.84 bits per heavy atom. The molecule has 0 radical (unpaired) electrons. The summed E-state index contributed by atoms with van der Waals surface area (Å²) in [6.45, 7) is 1.95. The van der Waals surface area contributed by atoms with Crippen molar-refractivity contribution in [1.29, 1.82) is 0 Å². The van der Waals surface area contributed by atoms with Crippen LogP contribution in [-0.2, 0) is 4.79 Å². The zero-order chi connectivity index (χ0) is 14.0. The molecule has 2 rings (SSSR count). The summed E-state index contributed by atoms with van der Waals surface area (Å²) in [6, 6.07) is 1.42. The number of rotatable bonds is 6. The number of pyridine rings is 1. The van der Waals surface area contributed by atoms with Crippen LogP contribution >= 0.6 is 0 Å². The third-order valence-electron chi connectivity index (χ3n) is 2.98. The first-order valence-corrected chi connectivity index (χ1v) is 6.05. The predicted octanol–water partition coefficient (Wildman–Crippen LogP) is 1.60. The number of carboxylic acids is 1. The minimum Gasteiger partial charge on any atom is -0.480 e. The van der Waals surface area contributed by atoms with Crippen LogP contribution in [0.15, 0.2) is 12.3 Å². The summed E-state index contributed by atoms with van der Waals surface area (Å²) < 4.78 is 0. The maximum atomic E-state index is 11.1. The number of carboxylic acid groups (broad SMARTS) is 1. The Balaban J connectivity index is 2.33. The average molecular weight is 265 g/mol. The highest BCUT2D eigenvalue weighted by Crippen LogP contribution is 2.33. The van der Waals surface area contributed by atoms with Crippen molar-refractivity contribution >= 4 is 17.5 Å². The summed E-state index contributed by atoms with van der Waals surface area (Å²) >= 11 is 0. The number of aromatic nitrogens is 1. The second-order valence-corrected chi connectivity index (χ2v) is 4.83. The van der Waals surface area contributed by atoms with Crippen molar-refractivity contribution in [1.82, 2.24) is 4.98 Å². The number of nitrogens with zero attached hydrogens (tertiary/aromatic N) is 3. The first kappa shape index (κ1) is 13.3.